The summed E-state index contributed by atoms with van der Waals surface area (Å²) in [7, 11) is 0. The molecule has 5 nitrogen and oxygen atoms in total. The Morgan fingerprint density at radius 3 is 2.42 bits per heavy atom. The summed E-state index contributed by atoms with van der Waals surface area (Å²) in [6.45, 7) is 0. The molecule has 0 saturated heterocycles. The number of carbonyl (C=O) groups is 1. The molecule has 0 radical (unpaired) electrons. The molecule has 0 aliphatic heterocycles. The second kappa shape index (κ2) is 5.84. The summed E-state index contributed by atoms with van der Waals surface area (Å²) in [6.07, 6.45) is 4.34. The molecule has 1 fully saturated rings. The van der Waals surface area contributed by atoms with Crippen molar-refractivity contribution in [3.63, 3.8) is 0 Å². The van der Waals surface area contributed by atoms with E-state index in [1.54, 1.807) is 0 Å². The fourth-order valence-electron chi connectivity index (χ4n) is 2.52. The Bertz CT molecular complexity index is 465. The normalized spacial score (nSPS) is 18.9. The van der Waals surface area contributed by atoms with Crippen LogP contribution in [0.1, 0.15) is 37.7 Å². The minimum absolute atomic E-state index is 0.492. The van der Waals surface area contributed by atoms with E-state index in [-0.39, 0.29) is 0 Å². The summed E-state index contributed by atoms with van der Waals surface area (Å²) < 4.78 is 0. The maximum Gasteiger partial charge on any atom is 0.332 e. The molecule has 2 rings (SSSR count). The topological polar surface area (TPSA) is 87.7 Å². The molecule has 0 heterocycles. The van der Waals surface area contributed by atoms with Crippen LogP contribution in [0.15, 0.2) is 35.4 Å². The van der Waals surface area contributed by atoms with Gasteiger partial charge in [0.15, 0.2) is 0 Å². The summed E-state index contributed by atoms with van der Waals surface area (Å²) in [6, 6.07) is 8.66. The number of nitrogens with zero attached hydrogens (tertiary/aromatic N) is 1. The summed E-state index contributed by atoms with van der Waals surface area (Å²) in [5.41, 5.74) is 7.60. The highest BCUT2D eigenvalue weighted by Crippen LogP contribution is 2.31. The zero-order chi connectivity index (χ0) is 13.7. The number of nitrogens with two attached hydrogens (primary N) is 1. The number of hydrogen-bond donors (Lipinski definition) is 3. The molecule has 4 N–H and O–H groups in total. The lowest BCUT2D eigenvalue weighted by molar-refractivity contribution is 0.0710. The molecule has 1 saturated carbocycles. The van der Waals surface area contributed by atoms with Crippen LogP contribution in [0.3, 0.4) is 0 Å². The number of urea groups is 1. The minimum atomic E-state index is -0.984. The first kappa shape index (κ1) is 13.5. The Morgan fingerprint density at radius 2 is 1.84 bits per heavy atom. The van der Waals surface area contributed by atoms with Crippen molar-refractivity contribution in [1.82, 2.24) is 5.43 Å². The van der Waals surface area contributed by atoms with Crippen molar-refractivity contribution in [2.24, 2.45) is 10.8 Å². The monoisotopic (exact) mass is 261 g/mol. The van der Waals surface area contributed by atoms with Gasteiger partial charge in [0, 0.05) is 5.56 Å². The molecule has 0 bridgehead atoms. The van der Waals surface area contributed by atoms with Gasteiger partial charge in [-0.05, 0) is 12.8 Å². The van der Waals surface area contributed by atoms with Crippen LogP contribution in [0.2, 0.25) is 0 Å². The van der Waals surface area contributed by atoms with E-state index >= 15 is 0 Å². The van der Waals surface area contributed by atoms with Gasteiger partial charge in [-0.3, -0.25) is 0 Å². The van der Waals surface area contributed by atoms with Gasteiger partial charge in [-0.15, -0.1) is 0 Å². The third-order valence-electron chi connectivity index (χ3n) is 3.45. The van der Waals surface area contributed by atoms with Crippen molar-refractivity contribution in [1.29, 1.82) is 0 Å². The van der Waals surface area contributed by atoms with Crippen LogP contribution in [0.4, 0.5) is 4.79 Å². The molecule has 0 unspecified atom stereocenters. The number of benzene rings is 1. The Hall–Kier alpha value is -1.88. The molecule has 5 heteroatoms. The average Bonchev–Trinajstić information content (AvgIpc) is 2.40. The Kier molecular flexibility index (Phi) is 4.16. The molecule has 1 aromatic carbocycles. The van der Waals surface area contributed by atoms with E-state index in [1.807, 2.05) is 30.3 Å². The number of aliphatic hydroxyl groups is 1. The molecule has 0 aromatic heterocycles. The van der Waals surface area contributed by atoms with Crippen molar-refractivity contribution in [2.45, 2.75) is 37.7 Å². The van der Waals surface area contributed by atoms with Gasteiger partial charge < -0.3 is 10.8 Å². The van der Waals surface area contributed by atoms with Gasteiger partial charge in [-0.1, -0.05) is 49.6 Å². The third-order valence-corrected chi connectivity index (χ3v) is 3.45. The van der Waals surface area contributed by atoms with E-state index in [2.05, 4.69) is 10.5 Å². The van der Waals surface area contributed by atoms with Crippen molar-refractivity contribution >= 4 is 11.7 Å². The summed E-state index contributed by atoms with van der Waals surface area (Å²) >= 11 is 0. The Balaban J connectivity index is 2.34. The van der Waals surface area contributed by atoms with Crippen LogP contribution in [0.5, 0.6) is 0 Å². The first-order valence-corrected chi connectivity index (χ1v) is 6.53. The van der Waals surface area contributed by atoms with Gasteiger partial charge in [0.25, 0.3) is 0 Å². The Labute approximate surface area is 112 Å². The van der Waals surface area contributed by atoms with Gasteiger partial charge in [-0.2, -0.15) is 5.10 Å². The third kappa shape index (κ3) is 3.32. The molecule has 0 atom stereocenters. The maximum atomic E-state index is 10.8. The highest BCUT2D eigenvalue weighted by molar-refractivity contribution is 6.06. The van der Waals surface area contributed by atoms with Crippen LogP contribution in [-0.4, -0.2) is 22.5 Å². The van der Waals surface area contributed by atoms with Crippen molar-refractivity contribution in [3.8, 4) is 0 Å². The molecule has 1 aromatic rings. The first-order valence-electron chi connectivity index (χ1n) is 6.53. The van der Waals surface area contributed by atoms with E-state index in [0.717, 1.165) is 24.8 Å². The number of nitrogens with one attached hydrogen (secondary N) is 1. The Morgan fingerprint density at radius 1 is 1.21 bits per heavy atom. The highest BCUT2D eigenvalue weighted by Gasteiger charge is 2.35. The van der Waals surface area contributed by atoms with Crippen molar-refractivity contribution in [2.75, 3.05) is 0 Å². The fourth-order valence-corrected chi connectivity index (χ4v) is 2.52. The van der Waals surface area contributed by atoms with E-state index in [9.17, 15) is 9.90 Å². The lowest BCUT2D eigenvalue weighted by Gasteiger charge is -2.33. The second-order valence-electron chi connectivity index (χ2n) is 4.89. The quantitative estimate of drug-likeness (QED) is 0.571. The van der Waals surface area contributed by atoms with E-state index < -0.39 is 11.6 Å². The van der Waals surface area contributed by atoms with Crippen molar-refractivity contribution < 1.29 is 9.90 Å². The van der Waals surface area contributed by atoms with Gasteiger partial charge in [0.1, 0.15) is 5.60 Å². The standard InChI is InChI=1S/C14H19N3O2/c15-13(18)17-16-12(11-7-3-1-4-8-11)14(19)9-5-2-6-10-14/h1,3-4,7-8,19H,2,5-6,9-10H2,(H3,15,17,18)/b16-12+. The highest BCUT2D eigenvalue weighted by atomic mass is 16.3. The van der Waals surface area contributed by atoms with Crippen LogP contribution in [0, 0.1) is 0 Å². The van der Waals surface area contributed by atoms with Crippen LogP contribution >= 0.6 is 0 Å². The van der Waals surface area contributed by atoms with Crippen LogP contribution < -0.4 is 11.2 Å². The second-order valence-corrected chi connectivity index (χ2v) is 4.89. The largest absolute Gasteiger partial charge is 0.383 e. The van der Waals surface area contributed by atoms with Crippen molar-refractivity contribution in [3.05, 3.63) is 35.9 Å². The minimum Gasteiger partial charge on any atom is -0.383 e. The van der Waals surface area contributed by atoms with Gasteiger partial charge >= 0.3 is 6.03 Å². The summed E-state index contributed by atoms with van der Waals surface area (Å²) in [4.78, 5) is 10.8. The SMILES string of the molecule is NC(=O)N/N=C(\c1ccccc1)C1(O)CCCCC1. The number of primary amides is 1. The van der Waals surface area contributed by atoms with E-state index in [4.69, 9.17) is 5.73 Å². The number of hydrazone groups is 1. The predicted molar refractivity (Wildman–Crippen MR) is 73.7 cm³/mol. The molecule has 0 spiro atoms. The number of hydrogen-bond acceptors (Lipinski definition) is 3. The van der Waals surface area contributed by atoms with E-state index in [1.165, 1.54) is 0 Å². The number of carbonyl (C=O) groups excluding carboxylic acids is 1. The molecular formula is C14H19N3O2. The number of rotatable bonds is 3. The number of amides is 2. The molecule has 102 valence electrons. The molecule has 19 heavy (non-hydrogen) atoms. The predicted octanol–water partition coefficient (Wildman–Crippen LogP) is 1.75. The molecule has 1 aliphatic carbocycles. The van der Waals surface area contributed by atoms with Crippen LogP contribution in [-0.2, 0) is 0 Å². The van der Waals surface area contributed by atoms with E-state index in [0.29, 0.717) is 18.6 Å². The summed E-state index contributed by atoms with van der Waals surface area (Å²) in [5, 5.41) is 14.8. The first-order chi connectivity index (χ1) is 9.12. The zero-order valence-corrected chi connectivity index (χ0v) is 10.8. The zero-order valence-electron chi connectivity index (χ0n) is 10.8. The lowest BCUT2D eigenvalue weighted by atomic mass is 9.79. The average molecular weight is 261 g/mol. The van der Waals surface area contributed by atoms with Gasteiger partial charge in [0.05, 0.1) is 5.71 Å². The summed E-state index contributed by atoms with van der Waals surface area (Å²) in [5.74, 6) is 0. The smallest absolute Gasteiger partial charge is 0.332 e. The lowest BCUT2D eigenvalue weighted by Crippen LogP contribution is -2.43. The van der Waals surface area contributed by atoms with Gasteiger partial charge in [-0.25, -0.2) is 10.2 Å². The maximum absolute atomic E-state index is 10.8. The molecule has 1 aliphatic rings. The fraction of sp³-hybridized carbons (Fsp3) is 0.429. The molecule has 2 amide bonds. The van der Waals surface area contributed by atoms with Crippen LogP contribution in [0.25, 0.3) is 0 Å². The molecular weight excluding hydrogens is 242 g/mol. The van der Waals surface area contributed by atoms with Gasteiger partial charge in [0.2, 0.25) is 0 Å².